The number of hydrogen-bond acceptors (Lipinski definition) is 5. The van der Waals surface area contributed by atoms with Gasteiger partial charge in [0.25, 0.3) is 0 Å². The average Bonchev–Trinajstić information content (AvgIpc) is 3.16. The number of aliphatic hydroxyl groups is 1. The van der Waals surface area contributed by atoms with Crippen LogP contribution in [0.25, 0.3) is 0 Å². The second kappa shape index (κ2) is 11.8. The third-order valence-electron chi connectivity index (χ3n) is 4.91. The molecule has 1 heterocycles. The topological polar surface area (TPSA) is 54.3 Å². The molecule has 168 valence electrons. The summed E-state index contributed by atoms with van der Waals surface area (Å²) in [5.41, 5.74) is 2.82. The summed E-state index contributed by atoms with van der Waals surface area (Å²) in [6, 6.07) is 15.4. The Kier molecular flexibility index (Phi) is 9.17. The van der Waals surface area contributed by atoms with Gasteiger partial charge >= 0.3 is 0 Å². The smallest absolute Gasteiger partial charge is 0.145 e. The van der Waals surface area contributed by atoms with E-state index in [1.54, 1.807) is 0 Å². The molecule has 0 aliphatic carbocycles. The summed E-state index contributed by atoms with van der Waals surface area (Å²) in [5.74, 6) is 0.432. The fraction of sp³-hybridized carbons (Fsp3) is 0.458. The maximum Gasteiger partial charge on any atom is 0.145 e. The highest BCUT2D eigenvalue weighted by atomic mass is 35.5. The first-order valence-corrected chi connectivity index (χ1v) is 11.4. The number of ether oxygens (including phenoxy) is 1. The molecule has 1 N–H and O–H groups in total. The van der Waals surface area contributed by atoms with Gasteiger partial charge in [-0.05, 0) is 29.7 Å². The Morgan fingerprint density at radius 3 is 2.71 bits per heavy atom. The highest BCUT2D eigenvalue weighted by Crippen LogP contribution is 2.24. The molecule has 1 aliphatic heterocycles. The summed E-state index contributed by atoms with van der Waals surface area (Å²) >= 11 is 12.5. The van der Waals surface area contributed by atoms with E-state index in [-0.39, 0.29) is 6.10 Å². The third-order valence-corrected chi connectivity index (χ3v) is 5.47. The molecule has 0 saturated heterocycles. The van der Waals surface area contributed by atoms with Gasteiger partial charge in [0, 0.05) is 48.3 Å². The molecule has 0 fully saturated rings. The zero-order valence-corrected chi connectivity index (χ0v) is 19.5. The Hall–Kier alpha value is -1.63. The summed E-state index contributed by atoms with van der Waals surface area (Å²) < 4.78 is 5.62. The van der Waals surface area contributed by atoms with Crippen LogP contribution in [0.2, 0.25) is 10.0 Å². The number of rotatable bonds is 11. The standard InChI is InChI=1S/C24H30Cl2N2O3/c1-17(2)15-30-16-20(29)13-28(12-18-6-5-7-19(25)10-18)14-21-11-24(27-31-21)22-8-3-4-9-23(22)26/h3-10,17,20-21,29H,11-16H2,1-2H3/t20-,21-/m1/s1. The van der Waals surface area contributed by atoms with Crippen LogP contribution in [0.3, 0.4) is 0 Å². The lowest BCUT2D eigenvalue weighted by Gasteiger charge is -2.27. The van der Waals surface area contributed by atoms with Crippen LogP contribution in [0, 0.1) is 5.92 Å². The number of oxime groups is 1. The van der Waals surface area contributed by atoms with E-state index in [1.165, 1.54) is 0 Å². The Morgan fingerprint density at radius 1 is 1.16 bits per heavy atom. The Balaban J connectivity index is 1.61. The molecule has 0 unspecified atom stereocenters. The highest BCUT2D eigenvalue weighted by molar-refractivity contribution is 6.34. The lowest BCUT2D eigenvalue weighted by molar-refractivity contribution is -0.00734. The normalized spacial score (nSPS) is 17.1. The fourth-order valence-corrected chi connectivity index (χ4v) is 4.01. The van der Waals surface area contributed by atoms with Gasteiger partial charge in [-0.3, -0.25) is 4.90 Å². The first-order chi connectivity index (χ1) is 14.9. The molecular weight excluding hydrogens is 435 g/mol. The Bertz CT molecular complexity index is 875. The molecule has 5 nitrogen and oxygen atoms in total. The molecule has 0 spiro atoms. The first kappa shape index (κ1) is 24.0. The van der Waals surface area contributed by atoms with Crippen molar-refractivity contribution in [3.63, 3.8) is 0 Å². The summed E-state index contributed by atoms with van der Waals surface area (Å²) in [4.78, 5) is 7.87. The Labute approximate surface area is 194 Å². The summed E-state index contributed by atoms with van der Waals surface area (Å²) in [6.07, 6.45) is -0.0482. The maximum absolute atomic E-state index is 10.5. The van der Waals surface area contributed by atoms with Crippen molar-refractivity contribution in [1.29, 1.82) is 0 Å². The lowest BCUT2D eigenvalue weighted by Crippen LogP contribution is -2.39. The maximum atomic E-state index is 10.5. The van der Waals surface area contributed by atoms with E-state index in [0.717, 1.165) is 16.8 Å². The van der Waals surface area contributed by atoms with Gasteiger partial charge < -0.3 is 14.7 Å². The minimum Gasteiger partial charge on any atom is -0.390 e. The predicted molar refractivity (Wildman–Crippen MR) is 126 cm³/mol. The third kappa shape index (κ3) is 7.78. The van der Waals surface area contributed by atoms with Gasteiger partial charge in [-0.2, -0.15) is 0 Å². The van der Waals surface area contributed by atoms with Gasteiger partial charge in [0.05, 0.1) is 18.4 Å². The zero-order valence-electron chi connectivity index (χ0n) is 18.0. The van der Waals surface area contributed by atoms with E-state index < -0.39 is 6.10 Å². The number of aliphatic hydroxyl groups excluding tert-OH is 1. The number of benzene rings is 2. The molecule has 3 rings (SSSR count). The molecule has 0 amide bonds. The summed E-state index contributed by atoms with van der Waals surface area (Å²) in [7, 11) is 0. The van der Waals surface area contributed by atoms with Crippen LogP contribution in [0.1, 0.15) is 31.4 Å². The quantitative estimate of drug-likeness (QED) is 0.506. The van der Waals surface area contributed by atoms with E-state index in [4.69, 9.17) is 32.8 Å². The van der Waals surface area contributed by atoms with Crippen molar-refractivity contribution in [2.45, 2.75) is 39.0 Å². The minimum atomic E-state index is -0.594. The van der Waals surface area contributed by atoms with Crippen molar-refractivity contribution in [3.05, 3.63) is 69.7 Å². The van der Waals surface area contributed by atoms with Crippen LogP contribution in [-0.4, -0.2) is 54.2 Å². The first-order valence-electron chi connectivity index (χ1n) is 10.6. The van der Waals surface area contributed by atoms with Crippen LogP contribution in [0.15, 0.2) is 53.7 Å². The van der Waals surface area contributed by atoms with Crippen molar-refractivity contribution in [3.8, 4) is 0 Å². The predicted octanol–water partition coefficient (Wildman–Crippen LogP) is 5.02. The molecule has 2 atom stereocenters. The van der Waals surface area contributed by atoms with Crippen molar-refractivity contribution >= 4 is 28.9 Å². The molecule has 0 radical (unpaired) electrons. The fourth-order valence-electron chi connectivity index (χ4n) is 3.56. The summed E-state index contributed by atoms with van der Waals surface area (Å²) in [5, 5.41) is 16.2. The van der Waals surface area contributed by atoms with Crippen LogP contribution >= 0.6 is 23.2 Å². The second-order valence-electron chi connectivity index (χ2n) is 8.36. The van der Waals surface area contributed by atoms with E-state index >= 15 is 0 Å². The monoisotopic (exact) mass is 464 g/mol. The van der Waals surface area contributed by atoms with Crippen LogP contribution in [0.4, 0.5) is 0 Å². The van der Waals surface area contributed by atoms with Gasteiger partial charge in [0.15, 0.2) is 0 Å². The molecule has 0 saturated carbocycles. The molecule has 2 aromatic rings. The van der Waals surface area contributed by atoms with Crippen molar-refractivity contribution in [2.24, 2.45) is 11.1 Å². The van der Waals surface area contributed by atoms with Gasteiger partial charge in [0.1, 0.15) is 6.10 Å². The van der Waals surface area contributed by atoms with Crippen LogP contribution in [-0.2, 0) is 16.1 Å². The van der Waals surface area contributed by atoms with E-state index in [9.17, 15) is 5.11 Å². The van der Waals surface area contributed by atoms with E-state index in [0.29, 0.717) is 55.2 Å². The zero-order chi connectivity index (χ0) is 22.2. The highest BCUT2D eigenvalue weighted by Gasteiger charge is 2.26. The molecule has 0 aromatic heterocycles. The molecule has 2 aromatic carbocycles. The Morgan fingerprint density at radius 2 is 1.97 bits per heavy atom. The molecular formula is C24H30Cl2N2O3. The van der Waals surface area contributed by atoms with Crippen LogP contribution < -0.4 is 0 Å². The van der Waals surface area contributed by atoms with Crippen molar-refractivity contribution in [1.82, 2.24) is 4.90 Å². The van der Waals surface area contributed by atoms with Crippen LogP contribution in [0.5, 0.6) is 0 Å². The van der Waals surface area contributed by atoms with Gasteiger partial charge in [-0.25, -0.2) is 0 Å². The van der Waals surface area contributed by atoms with E-state index in [2.05, 4.69) is 23.9 Å². The molecule has 1 aliphatic rings. The average molecular weight is 465 g/mol. The lowest BCUT2D eigenvalue weighted by atomic mass is 10.0. The van der Waals surface area contributed by atoms with Gasteiger partial charge in [0.2, 0.25) is 0 Å². The molecule has 7 heteroatoms. The largest absolute Gasteiger partial charge is 0.390 e. The van der Waals surface area contributed by atoms with Crippen molar-refractivity contribution < 1.29 is 14.7 Å². The molecule has 31 heavy (non-hydrogen) atoms. The van der Waals surface area contributed by atoms with Gasteiger partial charge in [-0.1, -0.05) is 72.5 Å². The number of nitrogens with zero attached hydrogens (tertiary/aromatic N) is 2. The van der Waals surface area contributed by atoms with Crippen molar-refractivity contribution in [2.75, 3.05) is 26.3 Å². The SMILES string of the molecule is CC(C)COC[C@H](O)CN(Cc1cccc(Cl)c1)C[C@H]1CC(c2ccccc2Cl)=NO1. The molecule has 0 bridgehead atoms. The number of hydrogen-bond donors (Lipinski definition) is 1. The van der Waals surface area contributed by atoms with E-state index in [1.807, 2.05) is 48.5 Å². The second-order valence-corrected chi connectivity index (χ2v) is 9.20. The van der Waals surface area contributed by atoms with Gasteiger partial charge in [-0.15, -0.1) is 0 Å². The number of halogens is 2. The minimum absolute atomic E-state index is 0.116. The summed E-state index contributed by atoms with van der Waals surface area (Å²) in [6.45, 7) is 6.83.